The molecule has 0 bridgehead atoms. The van der Waals surface area contributed by atoms with E-state index in [1.54, 1.807) is 7.11 Å². The Morgan fingerprint density at radius 3 is 2.69 bits per heavy atom. The number of halogens is 2. The van der Waals surface area contributed by atoms with Crippen LogP contribution in [0.15, 0.2) is 17.0 Å². The number of ether oxygens (including phenoxy) is 1. The Labute approximate surface area is 89.8 Å². The summed E-state index contributed by atoms with van der Waals surface area (Å²) in [6.07, 6.45) is 1.83. The van der Waals surface area contributed by atoms with E-state index in [0.717, 1.165) is 5.56 Å². The molecule has 0 saturated heterocycles. The number of rotatable bonds is 3. The lowest BCUT2D eigenvalue weighted by molar-refractivity contribution is 0.397. The highest BCUT2D eigenvalue weighted by Gasteiger charge is 2.09. The predicted octanol–water partition coefficient (Wildman–Crippen LogP) is 3.45. The van der Waals surface area contributed by atoms with Gasteiger partial charge in [-0.2, -0.15) is 0 Å². The maximum Gasteiger partial charge on any atom is 0.140 e. The van der Waals surface area contributed by atoms with Gasteiger partial charge in [0.25, 0.3) is 0 Å². The van der Waals surface area contributed by atoms with Crippen molar-refractivity contribution < 1.29 is 9.13 Å². The van der Waals surface area contributed by atoms with Gasteiger partial charge in [0.15, 0.2) is 0 Å². The van der Waals surface area contributed by atoms with Crippen molar-refractivity contribution in [1.82, 2.24) is 0 Å². The summed E-state index contributed by atoms with van der Waals surface area (Å²) < 4.78 is 18.4. The van der Waals surface area contributed by atoms with Crippen molar-refractivity contribution in [3.05, 3.63) is 23.5 Å². The van der Waals surface area contributed by atoms with E-state index in [-0.39, 0.29) is 5.82 Å². The van der Waals surface area contributed by atoms with E-state index in [9.17, 15) is 4.39 Å². The molecule has 1 aromatic rings. The molecule has 0 saturated carbocycles. The van der Waals surface area contributed by atoms with Gasteiger partial charge in [-0.3, -0.25) is 0 Å². The zero-order valence-electron chi connectivity index (χ0n) is 7.43. The van der Waals surface area contributed by atoms with Gasteiger partial charge in [-0.1, -0.05) is 15.9 Å². The molecule has 0 radical (unpaired) electrons. The van der Waals surface area contributed by atoms with Gasteiger partial charge in [-0.15, -0.1) is 11.8 Å². The average molecular weight is 265 g/mol. The number of hydrogen-bond acceptors (Lipinski definition) is 2. The second kappa shape index (κ2) is 4.86. The molecule has 1 aromatic carbocycles. The van der Waals surface area contributed by atoms with Crippen molar-refractivity contribution in [3.63, 3.8) is 0 Å². The fraction of sp³-hybridized carbons (Fsp3) is 0.333. The fourth-order valence-electron chi connectivity index (χ4n) is 1.05. The Hall–Kier alpha value is -0.220. The Balaban J connectivity index is 3.20. The van der Waals surface area contributed by atoms with E-state index in [0.29, 0.717) is 16.0 Å². The van der Waals surface area contributed by atoms with Crippen LogP contribution in [0.2, 0.25) is 0 Å². The second-order valence-electron chi connectivity index (χ2n) is 2.45. The molecule has 1 rings (SSSR count). The highest BCUT2D eigenvalue weighted by Crippen LogP contribution is 2.32. The van der Waals surface area contributed by atoms with Gasteiger partial charge in [0.05, 0.1) is 12.0 Å². The number of methoxy groups -OCH3 is 1. The third-order valence-electron chi connectivity index (χ3n) is 1.65. The van der Waals surface area contributed by atoms with Crippen molar-refractivity contribution in [2.75, 3.05) is 13.4 Å². The maximum atomic E-state index is 13.4. The monoisotopic (exact) mass is 264 g/mol. The molecule has 0 N–H and O–H groups in total. The Morgan fingerprint density at radius 1 is 1.54 bits per heavy atom. The molecule has 72 valence electrons. The third-order valence-corrected chi connectivity index (χ3v) is 3.10. The Bertz CT molecular complexity index is 304. The highest BCUT2D eigenvalue weighted by molar-refractivity contribution is 9.08. The van der Waals surface area contributed by atoms with Crippen molar-refractivity contribution in [2.24, 2.45) is 0 Å². The summed E-state index contributed by atoms with van der Waals surface area (Å²) in [5, 5.41) is 0.634. The van der Waals surface area contributed by atoms with Crippen molar-refractivity contribution in [2.45, 2.75) is 10.2 Å². The van der Waals surface area contributed by atoms with Crippen LogP contribution in [-0.4, -0.2) is 13.4 Å². The molecule has 0 aromatic heterocycles. The minimum absolute atomic E-state index is 0.221. The number of thioether (sulfide) groups is 1. The first kappa shape index (κ1) is 10.9. The normalized spacial score (nSPS) is 10.2. The van der Waals surface area contributed by atoms with Gasteiger partial charge >= 0.3 is 0 Å². The van der Waals surface area contributed by atoms with Crippen LogP contribution in [0.3, 0.4) is 0 Å². The van der Waals surface area contributed by atoms with E-state index in [1.807, 2.05) is 12.3 Å². The molecule has 0 spiro atoms. The first-order valence-corrected chi connectivity index (χ1v) is 6.04. The lowest BCUT2D eigenvalue weighted by atomic mass is 10.2. The van der Waals surface area contributed by atoms with Crippen molar-refractivity contribution in [3.8, 4) is 5.75 Å². The molecule has 13 heavy (non-hydrogen) atoms. The fourth-order valence-corrected chi connectivity index (χ4v) is 1.97. The SMILES string of the molecule is COc1cc(CBr)cc(F)c1SC. The van der Waals surface area contributed by atoms with Crippen LogP contribution >= 0.6 is 27.7 Å². The molecule has 4 heteroatoms. The molecule has 0 fully saturated rings. The molecule has 1 nitrogen and oxygen atoms in total. The second-order valence-corrected chi connectivity index (χ2v) is 3.82. The maximum absolute atomic E-state index is 13.4. The Kier molecular flexibility index (Phi) is 4.06. The minimum Gasteiger partial charge on any atom is -0.495 e. The number of benzene rings is 1. The van der Waals surface area contributed by atoms with Crippen LogP contribution in [0.5, 0.6) is 5.75 Å². The van der Waals surface area contributed by atoms with E-state index >= 15 is 0 Å². The molecule has 0 heterocycles. The van der Waals surface area contributed by atoms with Gasteiger partial charge in [0.1, 0.15) is 11.6 Å². The van der Waals surface area contributed by atoms with Crippen molar-refractivity contribution >= 4 is 27.7 Å². The van der Waals surface area contributed by atoms with Gasteiger partial charge in [0.2, 0.25) is 0 Å². The van der Waals surface area contributed by atoms with E-state index in [2.05, 4.69) is 15.9 Å². The lowest BCUT2D eigenvalue weighted by Gasteiger charge is -2.08. The van der Waals surface area contributed by atoms with Crippen LogP contribution in [0.25, 0.3) is 0 Å². The number of hydrogen-bond donors (Lipinski definition) is 0. The summed E-state index contributed by atoms with van der Waals surface area (Å²) in [4.78, 5) is 0.562. The van der Waals surface area contributed by atoms with Crippen LogP contribution < -0.4 is 4.74 Å². The topological polar surface area (TPSA) is 9.23 Å². The van der Waals surface area contributed by atoms with E-state index in [4.69, 9.17) is 4.74 Å². The molecular weight excluding hydrogens is 255 g/mol. The summed E-state index contributed by atoms with van der Waals surface area (Å²) >= 11 is 4.62. The lowest BCUT2D eigenvalue weighted by Crippen LogP contribution is -1.92. The predicted molar refractivity (Wildman–Crippen MR) is 57.4 cm³/mol. The standard InChI is InChI=1S/C9H10BrFOS/c1-12-8-4-6(5-10)3-7(11)9(8)13-2/h3-4H,5H2,1-2H3. The van der Waals surface area contributed by atoms with Crippen molar-refractivity contribution in [1.29, 1.82) is 0 Å². The van der Waals surface area contributed by atoms with Crippen LogP contribution in [0.1, 0.15) is 5.56 Å². The summed E-state index contributed by atoms with van der Waals surface area (Å²) in [7, 11) is 1.55. The van der Waals surface area contributed by atoms with E-state index < -0.39 is 0 Å². The minimum atomic E-state index is -0.221. The van der Waals surface area contributed by atoms with Gasteiger partial charge < -0.3 is 4.74 Å². The van der Waals surface area contributed by atoms with Gasteiger partial charge in [0, 0.05) is 5.33 Å². The molecule has 0 aliphatic rings. The average Bonchev–Trinajstić information content (AvgIpc) is 2.16. The quantitative estimate of drug-likeness (QED) is 0.611. The summed E-state index contributed by atoms with van der Waals surface area (Å²) in [5.41, 5.74) is 0.882. The first-order chi connectivity index (χ1) is 6.22. The molecule has 0 aliphatic heterocycles. The third kappa shape index (κ3) is 2.38. The number of alkyl halides is 1. The van der Waals surface area contributed by atoms with Gasteiger partial charge in [-0.25, -0.2) is 4.39 Å². The molecular formula is C9H10BrFOS. The smallest absolute Gasteiger partial charge is 0.140 e. The molecule has 0 amide bonds. The summed E-state index contributed by atoms with van der Waals surface area (Å²) in [6.45, 7) is 0. The largest absolute Gasteiger partial charge is 0.495 e. The molecule has 0 unspecified atom stereocenters. The van der Waals surface area contributed by atoms with Crippen LogP contribution in [-0.2, 0) is 5.33 Å². The first-order valence-electron chi connectivity index (χ1n) is 3.69. The summed E-state index contributed by atoms with van der Waals surface area (Å²) in [5.74, 6) is 0.378. The van der Waals surface area contributed by atoms with Crippen LogP contribution in [0.4, 0.5) is 4.39 Å². The molecule has 0 atom stereocenters. The highest BCUT2D eigenvalue weighted by atomic mass is 79.9. The van der Waals surface area contributed by atoms with Gasteiger partial charge in [-0.05, 0) is 24.0 Å². The molecule has 0 aliphatic carbocycles. The van der Waals surface area contributed by atoms with E-state index in [1.165, 1.54) is 17.8 Å². The Morgan fingerprint density at radius 2 is 2.23 bits per heavy atom. The zero-order valence-corrected chi connectivity index (χ0v) is 9.84. The summed E-state index contributed by atoms with van der Waals surface area (Å²) in [6, 6.07) is 3.35. The van der Waals surface area contributed by atoms with Crippen LogP contribution in [0, 0.1) is 5.82 Å². The zero-order chi connectivity index (χ0) is 9.84.